The maximum absolute atomic E-state index is 11.8. The van der Waals surface area contributed by atoms with Crippen LogP contribution >= 0.6 is 0 Å². The van der Waals surface area contributed by atoms with Crippen molar-refractivity contribution in [2.75, 3.05) is 13.1 Å². The summed E-state index contributed by atoms with van der Waals surface area (Å²) in [6, 6.07) is 8.27. The van der Waals surface area contributed by atoms with Crippen LogP contribution in [0, 0.1) is 5.92 Å². The van der Waals surface area contributed by atoms with E-state index in [1.54, 1.807) is 0 Å². The highest BCUT2D eigenvalue weighted by Gasteiger charge is 2.13. The van der Waals surface area contributed by atoms with Gasteiger partial charge in [-0.2, -0.15) is 0 Å². The third-order valence-electron chi connectivity index (χ3n) is 3.23. The van der Waals surface area contributed by atoms with Gasteiger partial charge in [-0.25, -0.2) is 0 Å². The van der Waals surface area contributed by atoms with Crippen LogP contribution in [-0.4, -0.2) is 19.0 Å². The Morgan fingerprint density at radius 1 is 1.26 bits per heavy atom. The van der Waals surface area contributed by atoms with Crippen molar-refractivity contribution in [1.29, 1.82) is 0 Å². The van der Waals surface area contributed by atoms with Crippen molar-refractivity contribution in [3.8, 4) is 0 Å². The van der Waals surface area contributed by atoms with Gasteiger partial charge in [-0.3, -0.25) is 4.79 Å². The van der Waals surface area contributed by atoms with Gasteiger partial charge in [0.25, 0.3) is 0 Å². The van der Waals surface area contributed by atoms with Gasteiger partial charge in [0, 0.05) is 6.54 Å². The zero-order valence-electron chi connectivity index (χ0n) is 12.5. The molecule has 0 fully saturated rings. The summed E-state index contributed by atoms with van der Waals surface area (Å²) >= 11 is 0. The number of carbonyl (C=O) groups excluding carboxylic acids is 1. The molecule has 0 saturated heterocycles. The first-order valence-electron chi connectivity index (χ1n) is 6.89. The number of hydrogen-bond acceptors (Lipinski definition) is 2. The van der Waals surface area contributed by atoms with Gasteiger partial charge in [0.2, 0.25) is 5.91 Å². The molecule has 1 aromatic carbocycles. The lowest BCUT2D eigenvalue weighted by molar-refractivity contribution is -0.120. The second-order valence-electron chi connectivity index (χ2n) is 6.27. The first kappa shape index (κ1) is 15.7. The number of nitrogens with two attached hydrogens (primary N) is 1. The largest absolute Gasteiger partial charge is 0.356 e. The van der Waals surface area contributed by atoms with Gasteiger partial charge in [0.15, 0.2) is 0 Å². The van der Waals surface area contributed by atoms with Gasteiger partial charge in [0.1, 0.15) is 0 Å². The Morgan fingerprint density at radius 2 is 1.84 bits per heavy atom. The smallest absolute Gasteiger partial charge is 0.224 e. The molecule has 0 bridgehead atoms. The molecule has 19 heavy (non-hydrogen) atoms. The van der Waals surface area contributed by atoms with E-state index in [-0.39, 0.29) is 11.3 Å². The molecule has 1 atom stereocenters. The fraction of sp³-hybridized carbons (Fsp3) is 0.562. The third-order valence-corrected chi connectivity index (χ3v) is 3.23. The molecule has 1 unspecified atom stereocenters. The predicted octanol–water partition coefficient (Wildman–Crippen LogP) is 2.24. The van der Waals surface area contributed by atoms with Crippen LogP contribution in [0.3, 0.4) is 0 Å². The van der Waals surface area contributed by atoms with Crippen LogP contribution in [0.4, 0.5) is 0 Å². The molecule has 3 nitrogen and oxygen atoms in total. The highest BCUT2D eigenvalue weighted by Crippen LogP contribution is 2.22. The van der Waals surface area contributed by atoms with E-state index < -0.39 is 0 Å². The summed E-state index contributed by atoms with van der Waals surface area (Å²) in [5.74, 6) is 0.385. The van der Waals surface area contributed by atoms with E-state index in [0.717, 1.165) is 5.56 Å². The number of carbonyl (C=O) groups is 1. The lowest BCUT2D eigenvalue weighted by Crippen LogP contribution is -2.32. The minimum absolute atomic E-state index is 0.0591. The molecule has 0 aliphatic rings. The van der Waals surface area contributed by atoms with Crippen molar-refractivity contribution >= 4 is 5.91 Å². The molecule has 0 aliphatic carbocycles. The molecule has 1 amide bonds. The summed E-state index contributed by atoms with van der Waals surface area (Å²) in [5.41, 5.74) is 8.00. The molecule has 0 saturated carbocycles. The number of amides is 1. The molecule has 1 rings (SSSR count). The Morgan fingerprint density at radius 3 is 2.32 bits per heavy atom. The summed E-state index contributed by atoms with van der Waals surface area (Å²) in [4.78, 5) is 11.8. The Bertz CT molecular complexity index is 404. The van der Waals surface area contributed by atoms with Gasteiger partial charge in [-0.1, -0.05) is 52.0 Å². The van der Waals surface area contributed by atoms with Crippen LogP contribution in [0.5, 0.6) is 0 Å². The van der Waals surface area contributed by atoms with E-state index in [2.05, 4.69) is 38.2 Å². The first-order valence-corrected chi connectivity index (χ1v) is 6.89. The van der Waals surface area contributed by atoms with Crippen molar-refractivity contribution in [1.82, 2.24) is 5.32 Å². The Hall–Kier alpha value is -1.35. The number of hydrogen-bond donors (Lipinski definition) is 2. The van der Waals surface area contributed by atoms with Crippen LogP contribution in [0.1, 0.15) is 38.8 Å². The SMILES string of the molecule is CC(CN)CNC(=O)Cc1ccc(C(C)(C)C)cc1. The van der Waals surface area contributed by atoms with Crippen LogP contribution < -0.4 is 11.1 Å². The van der Waals surface area contributed by atoms with Crippen LogP contribution in [0.15, 0.2) is 24.3 Å². The summed E-state index contributed by atoms with van der Waals surface area (Å²) in [6.07, 6.45) is 0.432. The fourth-order valence-corrected chi connectivity index (χ4v) is 1.74. The van der Waals surface area contributed by atoms with Crippen molar-refractivity contribution in [3.05, 3.63) is 35.4 Å². The molecule has 0 aromatic heterocycles. The van der Waals surface area contributed by atoms with Crippen molar-refractivity contribution in [2.45, 2.75) is 39.5 Å². The molecule has 106 valence electrons. The van der Waals surface area contributed by atoms with Crippen molar-refractivity contribution in [2.24, 2.45) is 11.7 Å². The molecule has 3 N–H and O–H groups in total. The second-order valence-corrected chi connectivity index (χ2v) is 6.27. The maximum atomic E-state index is 11.8. The molecule has 1 aromatic rings. The highest BCUT2D eigenvalue weighted by molar-refractivity contribution is 5.78. The number of benzene rings is 1. The average Bonchev–Trinajstić information content (AvgIpc) is 2.35. The minimum Gasteiger partial charge on any atom is -0.356 e. The van der Waals surface area contributed by atoms with Crippen molar-refractivity contribution in [3.63, 3.8) is 0 Å². The first-order chi connectivity index (χ1) is 8.82. The monoisotopic (exact) mass is 262 g/mol. The standard InChI is InChI=1S/C16H26N2O/c1-12(10-17)11-18-15(19)9-13-5-7-14(8-6-13)16(2,3)4/h5-8,12H,9-11,17H2,1-4H3,(H,18,19). The van der Waals surface area contributed by atoms with Gasteiger partial charge < -0.3 is 11.1 Å². The minimum atomic E-state index is 0.0591. The molecule has 0 radical (unpaired) electrons. The molecule has 0 aliphatic heterocycles. The van der Waals surface area contributed by atoms with E-state index in [1.165, 1.54) is 5.56 Å². The number of rotatable bonds is 5. The highest BCUT2D eigenvalue weighted by atomic mass is 16.1. The van der Waals surface area contributed by atoms with Gasteiger partial charge >= 0.3 is 0 Å². The molecule has 0 heterocycles. The lowest BCUT2D eigenvalue weighted by atomic mass is 9.86. The van der Waals surface area contributed by atoms with E-state index in [0.29, 0.717) is 25.4 Å². The second kappa shape index (κ2) is 6.71. The quantitative estimate of drug-likeness (QED) is 0.855. The van der Waals surface area contributed by atoms with Gasteiger partial charge in [-0.05, 0) is 29.0 Å². The normalized spacial score (nSPS) is 13.1. The molecular formula is C16H26N2O. The Labute approximate surface area is 116 Å². The van der Waals surface area contributed by atoms with E-state index in [4.69, 9.17) is 5.73 Å². The van der Waals surface area contributed by atoms with Gasteiger partial charge in [-0.15, -0.1) is 0 Å². The Kier molecular flexibility index (Phi) is 5.55. The molecular weight excluding hydrogens is 236 g/mol. The maximum Gasteiger partial charge on any atom is 0.224 e. The topological polar surface area (TPSA) is 55.1 Å². The Balaban J connectivity index is 2.51. The summed E-state index contributed by atoms with van der Waals surface area (Å²) in [5, 5.41) is 2.91. The average molecular weight is 262 g/mol. The van der Waals surface area contributed by atoms with Crippen LogP contribution in [0.2, 0.25) is 0 Å². The summed E-state index contributed by atoms with van der Waals surface area (Å²) in [7, 11) is 0. The molecule has 0 spiro atoms. The van der Waals surface area contributed by atoms with E-state index >= 15 is 0 Å². The number of nitrogens with one attached hydrogen (secondary N) is 1. The van der Waals surface area contributed by atoms with Crippen LogP contribution in [-0.2, 0) is 16.6 Å². The zero-order valence-corrected chi connectivity index (χ0v) is 12.5. The van der Waals surface area contributed by atoms with E-state index in [1.807, 2.05) is 19.1 Å². The predicted molar refractivity (Wildman–Crippen MR) is 80.1 cm³/mol. The van der Waals surface area contributed by atoms with E-state index in [9.17, 15) is 4.79 Å². The summed E-state index contributed by atoms with van der Waals surface area (Å²) < 4.78 is 0. The zero-order chi connectivity index (χ0) is 14.5. The fourth-order valence-electron chi connectivity index (χ4n) is 1.74. The third kappa shape index (κ3) is 5.43. The van der Waals surface area contributed by atoms with Gasteiger partial charge in [0.05, 0.1) is 6.42 Å². The van der Waals surface area contributed by atoms with Crippen LogP contribution in [0.25, 0.3) is 0 Å². The molecule has 3 heteroatoms. The summed E-state index contributed by atoms with van der Waals surface area (Å²) in [6.45, 7) is 9.82. The lowest BCUT2D eigenvalue weighted by Gasteiger charge is -2.19. The van der Waals surface area contributed by atoms with Crippen molar-refractivity contribution < 1.29 is 4.79 Å².